The Morgan fingerprint density at radius 3 is 2.70 bits per heavy atom. The SMILES string of the molecule is CCCCN(CC(N)=O)C(=O)Nc1sccc1C(=O)O. The maximum atomic E-state index is 12.0. The van der Waals surface area contributed by atoms with Crippen molar-refractivity contribution in [1.29, 1.82) is 0 Å². The van der Waals surface area contributed by atoms with Crippen molar-refractivity contribution >= 4 is 34.2 Å². The summed E-state index contributed by atoms with van der Waals surface area (Å²) in [5.74, 6) is -1.72. The van der Waals surface area contributed by atoms with Crippen LogP contribution < -0.4 is 11.1 Å². The summed E-state index contributed by atoms with van der Waals surface area (Å²) in [6.45, 7) is 2.15. The van der Waals surface area contributed by atoms with Crippen LogP contribution in [-0.4, -0.2) is 41.0 Å². The second-order valence-corrected chi connectivity index (χ2v) is 5.06. The topological polar surface area (TPSA) is 113 Å². The molecule has 4 N–H and O–H groups in total. The number of primary amides is 1. The fourth-order valence-electron chi connectivity index (χ4n) is 1.54. The van der Waals surface area contributed by atoms with Gasteiger partial charge in [0.15, 0.2) is 0 Å². The summed E-state index contributed by atoms with van der Waals surface area (Å²) < 4.78 is 0. The molecule has 0 fully saturated rings. The highest BCUT2D eigenvalue weighted by Gasteiger charge is 2.19. The number of unbranched alkanes of at least 4 members (excludes halogenated alkanes) is 1. The molecule has 0 spiro atoms. The van der Waals surface area contributed by atoms with Gasteiger partial charge in [0.25, 0.3) is 0 Å². The molecular weight excluding hydrogens is 282 g/mol. The molecule has 0 aromatic carbocycles. The fourth-order valence-corrected chi connectivity index (χ4v) is 2.31. The summed E-state index contributed by atoms with van der Waals surface area (Å²) in [6, 6.07) is 0.884. The van der Waals surface area contributed by atoms with E-state index in [4.69, 9.17) is 10.8 Å². The maximum absolute atomic E-state index is 12.0. The van der Waals surface area contributed by atoms with Gasteiger partial charge in [0.05, 0.1) is 5.56 Å². The smallest absolute Gasteiger partial charge is 0.338 e. The number of nitrogens with one attached hydrogen (secondary N) is 1. The van der Waals surface area contributed by atoms with Crippen LogP contribution in [0.25, 0.3) is 0 Å². The molecule has 20 heavy (non-hydrogen) atoms. The van der Waals surface area contributed by atoms with E-state index in [0.717, 1.165) is 24.2 Å². The average Bonchev–Trinajstić information content (AvgIpc) is 2.82. The third-order valence-electron chi connectivity index (χ3n) is 2.53. The lowest BCUT2D eigenvalue weighted by Gasteiger charge is -2.21. The van der Waals surface area contributed by atoms with Crippen LogP contribution in [-0.2, 0) is 4.79 Å². The largest absolute Gasteiger partial charge is 0.478 e. The lowest BCUT2D eigenvalue weighted by Crippen LogP contribution is -2.41. The summed E-state index contributed by atoms with van der Waals surface area (Å²) in [5.41, 5.74) is 5.13. The molecule has 1 rings (SSSR count). The molecule has 0 aliphatic heterocycles. The third kappa shape index (κ3) is 4.54. The van der Waals surface area contributed by atoms with Crippen LogP contribution in [0.5, 0.6) is 0 Å². The van der Waals surface area contributed by atoms with Gasteiger partial charge in [-0.2, -0.15) is 0 Å². The first-order valence-electron chi connectivity index (χ1n) is 6.10. The number of thiophene rings is 1. The Morgan fingerprint density at radius 1 is 1.45 bits per heavy atom. The van der Waals surface area contributed by atoms with Gasteiger partial charge in [-0.3, -0.25) is 10.1 Å². The van der Waals surface area contributed by atoms with Crippen molar-refractivity contribution in [2.45, 2.75) is 19.8 Å². The Morgan fingerprint density at radius 2 is 2.15 bits per heavy atom. The van der Waals surface area contributed by atoms with Gasteiger partial charge in [-0.25, -0.2) is 9.59 Å². The molecule has 1 heterocycles. The normalized spacial score (nSPS) is 10.1. The van der Waals surface area contributed by atoms with Crippen molar-refractivity contribution < 1.29 is 19.5 Å². The van der Waals surface area contributed by atoms with Gasteiger partial charge >= 0.3 is 12.0 Å². The number of hydrogen-bond donors (Lipinski definition) is 3. The van der Waals surface area contributed by atoms with E-state index in [1.54, 1.807) is 5.38 Å². The molecule has 7 nitrogen and oxygen atoms in total. The summed E-state index contributed by atoms with van der Waals surface area (Å²) in [5, 5.41) is 13.3. The monoisotopic (exact) mass is 299 g/mol. The first-order valence-corrected chi connectivity index (χ1v) is 6.98. The molecule has 0 saturated heterocycles. The van der Waals surface area contributed by atoms with Crippen molar-refractivity contribution in [1.82, 2.24) is 4.90 Å². The van der Waals surface area contributed by atoms with E-state index in [2.05, 4.69) is 5.32 Å². The number of nitrogens with two attached hydrogens (primary N) is 1. The van der Waals surface area contributed by atoms with E-state index in [9.17, 15) is 14.4 Å². The van der Waals surface area contributed by atoms with Gasteiger partial charge in [-0.15, -0.1) is 11.3 Å². The number of anilines is 1. The lowest BCUT2D eigenvalue weighted by atomic mass is 10.3. The van der Waals surface area contributed by atoms with Crippen molar-refractivity contribution in [3.8, 4) is 0 Å². The predicted molar refractivity (Wildman–Crippen MR) is 76.0 cm³/mol. The Balaban J connectivity index is 2.76. The molecule has 3 amide bonds. The fraction of sp³-hybridized carbons (Fsp3) is 0.417. The van der Waals surface area contributed by atoms with Crippen LogP contribution in [0, 0.1) is 0 Å². The van der Waals surface area contributed by atoms with E-state index in [1.165, 1.54) is 11.0 Å². The van der Waals surface area contributed by atoms with E-state index in [-0.39, 0.29) is 17.1 Å². The van der Waals surface area contributed by atoms with Gasteiger partial charge in [0.1, 0.15) is 11.5 Å². The van der Waals surface area contributed by atoms with Crippen LogP contribution in [0.4, 0.5) is 9.80 Å². The minimum Gasteiger partial charge on any atom is -0.478 e. The summed E-state index contributed by atoms with van der Waals surface area (Å²) in [4.78, 5) is 35.2. The Bertz CT molecular complexity index is 501. The van der Waals surface area contributed by atoms with Crippen LogP contribution in [0.1, 0.15) is 30.1 Å². The number of hydrogen-bond acceptors (Lipinski definition) is 4. The van der Waals surface area contributed by atoms with E-state index in [1.807, 2.05) is 6.92 Å². The zero-order valence-electron chi connectivity index (χ0n) is 11.1. The Labute approximate surface area is 120 Å². The standard InChI is InChI=1S/C12H17N3O4S/c1-2-3-5-15(7-9(13)16)12(19)14-10-8(11(17)18)4-6-20-10/h4,6H,2-3,5,7H2,1H3,(H2,13,16)(H,14,19)(H,17,18). The number of amides is 3. The minimum absolute atomic E-state index is 0.0258. The Kier molecular flexibility index (Phi) is 5.98. The van der Waals surface area contributed by atoms with Crippen molar-refractivity contribution in [3.63, 3.8) is 0 Å². The van der Waals surface area contributed by atoms with Gasteiger partial charge in [0, 0.05) is 6.54 Å². The molecule has 0 radical (unpaired) electrons. The highest BCUT2D eigenvalue weighted by Crippen LogP contribution is 2.23. The molecule has 1 aromatic heterocycles. The molecule has 0 aliphatic carbocycles. The molecular formula is C12H17N3O4S. The summed E-state index contributed by atoms with van der Waals surface area (Å²) in [7, 11) is 0. The number of urea groups is 1. The first kappa shape index (κ1) is 16.0. The van der Waals surface area contributed by atoms with Crippen molar-refractivity contribution in [2.75, 3.05) is 18.4 Å². The second kappa shape index (κ2) is 7.49. The van der Waals surface area contributed by atoms with Crippen LogP contribution in [0.2, 0.25) is 0 Å². The predicted octanol–water partition coefficient (Wildman–Crippen LogP) is 1.57. The zero-order chi connectivity index (χ0) is 15.1. The first-order chi connectivity index (χ1) is 9.45. The molecule has 0 saturated carbocycles. The average molecular weight is 299 g/mol. The van der Waals surface area contributed by atoms with Crippen LogP contribution in [0.15, 0.2) is 11.4 Å². The van der Waals surface area contributed by atoms with Gasteiger partial charge in [0.2, 0.25) is 5.91 Å². The molecule has 0 aliphatic rings. The number of rotatable bonds is 7. The minimum atomic E-state index is -1.11. The highest BCUT2D eigenvalue weighted by molar-refractivity contribution is 7.14. The van der Waals surface area contributed by atoms with Gasteiger partial charge in [-0.05, 0) is 17.9 Å². The van der Waals surface area contributed by atoms with Crippen molar-refractivity contribution in [2.24, 2.45) is 5.73 Å². The number of nitrogens with zero attached hydrogens (tertiary/aromatic N) is 1. The third-order valence-corrected chi connectivity index (χ3v) is 3.36. The highest BCUT2D eigenvalue weighted by atomic mass is 32.1. The van der Waals surface area contributed by atoms with E-state index < -0.39 is 17.9 Å². The molecule has 1 aromatic rings. The molecule has 110 valence electrons. The summed E-state index contributed by atoms with van der Waals surface area (Å²) in [6.07, 6.45) is 1.60. The van der Waals surface area contributed by atoms with Gasteiger partial charge in [-0.1, -0.05) is 13.3 Å². The zero-order valence-corrected chi connectivity index (χ0v) is 11.9. The number of carbonyl (C=O) groups excluding carboxylic acids is 2. The van der Waals surface area contributed by atoms with Crippen LogP contribution >= 0.6 is 11.3 Å². The number of carboxylic acids is 1. The molecule has 0 atom stereocenters. The summed E-state index contributed by atoms with van der Waals surface area (Å²) >= 11 is 1.11. The second-order valence-electron chi connectivity index (χ2n) is 4.14. The number of carboxylic acid groups (broad SMARTS) is 1. The quantitative estimate of drug-likeness (QED) is 0.709. The van der Waals surface area contributed by atoms with E-state index in [0.29, 0.717) is 6.54 Å². The number of carbonyl (C=O) groups is 3. The maximum Gasteiger partial charge on any atom is 0.338 e. The molecule has 0 unspecified atom stereocenters. The molecule has 8 heteroatoms. The van der Waals surface area contributed by atoms with E-state index >= 15 is 0 Å². The number of aromatic carboxylic acids is 1. The van der Waals surface area contributed by atoms with Crippen molar-refractivity contribution in [3.05, 3.63) is 17.0 Å². The lowest BCUT2D eigenvalue weighted by molar-refractivity contribution is -0.118. The molecule has 0 bridgehead atoms. The Hall–Kier alpha value is -2.09. The van der Waals surface area contributed by atoms with Crippen LogP contribution in [0.3, 0.4) is 0 Å². The van der Waals surface area contributed by atoms with Gasteiger partial charge < -0.3 is 15.7 Å².